The molecule has 1 aromatic heterocycles. The molecular formula is C17H23NO5S2. The molecule has 2 N–H and O–H groups in total. The van der Waals surface area contributed by atoms with Gasteiger partial charge in [-0.3, -0.25) is 4.28 Å². The molecule has 0 aromatic carbocycles. The molecule has 25 heavy (non-hydrogen) atoms. The summed E-state index contributed by atoms with van der Waals surface area (Å²) in [6, 6.07) is 0. The van der Waals surface area contributed by atoms with E-state index in [9.17, 15) is 18.6 Å². The maximum Gasteiger partial charge on any atom is 0.328 e. The third-order valence-electron chi connectivity index (χ3n) is 5.41. The van der Waals surface area contributed by atoms with Crippen molar-refractivity contribution in [1.29, 1.82) is 0 Å². The summed E-state index contributed by atoms with van der Waals surface area (Å²) in [6.07, 6.45) is 10.8. The van der Waals surface area contributed by atoms with Crippen LogP contribution in [0.25, 0.3) is 0 Å². The van der Waals surface area contributed by atoms with E-state index in [1.165, 1.54) is 19.3 Å². The third kappa shape index (κ3) is 3.14. The fourth-order valence-corrected chi connectivity index (χ4v) is 6.83. The molecule has 0 aliphatic heterocycles. The van der Waals surface area contributed by atoms with Crippen LogP contribution in [-0.4, -0.2) is 40.1 Å². The molecule has 0 saturated heterocycles. The average Bonchev–Trinajstić information content (AvgIpc) is 3.26. The lowest BCUT2D eigenvalue weighted by Crippen LogP contribution is -2.24. The zero-order chi connectivity index (χ0) is 17.6. The smallest absolute Gasteiger partial charge is 0.328 e. The second-order valence-electron chi connectivity index (χ2n) is 7.07. The molecule has 8 heteroatoms. The number of hydrogen-bond donors (Lipinski definition) is 2. The lowest BCUT2D eigenvalue weighted by Gasteiger charge is -2.20. The van der Waals surface area contributed by atoms with Crippen molar-refractivity contribution in [3.63, 3.8) is 0 Å². The van der Waals surface area contributed by atoms with Gasteiger partial charge in [0.15, 0.2) is 0 Å². The Balaban J connectivity index is 1.42. The van der Waals surface area contributed by atoms with Crippen LogP contribution in [-0.2, 0) is 10.1 Å². The van der Waals surface area contributed by atoms with E-state index in [0.29, 0.717) is 26.9 Å². The molecule has 2 atom stereocenters. The number of rotatable bonds is 6. The summed E-state index contributed by atoms with van der Waals surface area (Å²) in [5, 5.41) is 21.2. The number of hydrogen-bond acceptors (Lipinski definition) is 6. The first-order chi connectivity index (χ1) is 12.0. The Morgan fingerprint density at radius 3 is 2.28 bits per heavy atom. The number of thioether (sulfide) groups is 1. The van der Waals surface area contributed by atoms with Crippen molar-refractivity contribution in [2.75, 3.05) is 11.5 Å². The first kappa shape index (κ1) is 17.1. The predicted octanol–water partition coefficient (Wildman–Crippen LogP) is 2.86. The molecule has 1 fully saturated rings. The van der Waals surface area contributed by atoms with Gasteiger partial charge in [0, 0.05) is 34.0 Å². The third-order valence-corrected chi connectivity index (χ3v) is 8.13. The molecule has 2 bridgehead atoms. The maximum atomic E-state index is 12.3. The van der Waals surface area contributed by atoms with Gasteiger partial charge in [-0.05, 0) is 19.3 Å². The van der Waals surface area contributed by atoms with Crippen molar-refractivity contribution in [3.8, 4) is 11.8 Å². The zero-order valence-electron chi connectivity index (χ0n) is 13.9. The minimum atomic E-state index is -3.88. The van der Waals surface area contributed by atoms with Gasteiger partial charge in [-0.15, -0.1) is 0 Å². The second kappa shape index (κ2) is 6.46. The van der Waals surface area contributed by atoms with Gasteiger partial charge in [-0.1, -0.05) is 36.1 Å². The normalized spacial score (nSPS) is 25.4. The molecule has 6 nitrogen and oxygen atoms in total. The molecule has 2 unspecified atom stereocenters. The first-order valence-electron chi connectivity index (χ1n) is 8.85. The van der Waals surface area contributed by atoms with Crippen LogP contribution in [0.3, 0.4) is 0 Å². The Hall–Kier alpha value is -1.28. The highest BCUT2D eigenvalue weighted by molar-refractivity contribution is 8.00. The Morgan fingerprint density at radius 1 is 1.08 bits per heavy atom. The van der Waals surface area contributed by atoms with Crippen LogP contribution in [0.5, 0.6) is 11.8 Å². The van der Waals surface area contributed by atoms with Crippen molar-refractivity contribution >= 4 is 21.9 Å². The standard InChI is InChI=1S/C17H23NO5S2/c19-16-14-11-6-7-12(10-11)15(14)17(20)18(16)23-25(21,22)9-8-24-13-4-2-1-3-5-13/h6-7,11-13,19-20H,1-5,8-10H2. The largest absolute Gasteiger partial charge is 0.492 e. The van der Waals surface area contributed by atoms with E-state index in [4.69, 9.17) is 4.28 Å². The number of allylic oxidation sites excluding steroid dienone is 2. The molecule has 1 saturated carbocycles. The Labute approximate surface area is 152 Å². The van der Waals surface area contributed by atoms with E-state index in [1.54, 1.807) is 11.8 Å². The van der Waals surface area contributed by atoms with Crippen molar-refractivity contribution in [2.45, 2.75) is 55.6 Å². The van der Waals surface area contributed by atoms with Gasteiger partial charge in [0.2, 0.25) is 11.8 Å². The SMILES string of the molecule is O=S(=O)(CCSC1CCCCC1)On1c(O)c2c(c1O)C1C=CC2C1. The topological polar surface area (TPSA) is 88.8 Å². The minimum absolute atomic E-state index is 0.0281. The van der Waals surface area contributed by atoms with E-state index < -0.39 is 10.1 Å². The van der Waals surface area contributed by atoms with Crippen molar-refractivity contribution < 1.29 is 22.9 Å². The molecule has 3 aliphatic rings. The molecule has 0 spiro atoms. The van der Waals surface area contributed by atoms with E-state index in [0.717, 1.165) is 19.3 Å². The lowest BCUT2D eigenvalue weighted by atomic mass is 10.0. The van der Waals surface area contributed by atoms with Crippen molar-refractivity contribution in [1.82, 2.24) is 4.73 Å². The van der Waals surface area contributed by atoms with Crippen LogP contribution >= 0.6 is 11.8 Å². The van der Waals surface area contributed by atoms with Gasteiger partial charge in [-0.25, -0.2) is 0 Å². The van der Waals surface area contributed by atoms with Crippen molar-refractivity contribution in [2.24, 2.45) is 0 Å². The molecule has 1 aromatic rings. The Morgan fingerprint density at radius 2 is 1.68 bits per heavy atom. The van der Waals surface area contributed by atoms with Crippen LogP contribution in [0.1, 0.15) is 61.5 Å². The number of aromatic nitrogens is 1. The summed E-state index contributed by atoms with van der Waals surface area (Å²) in [4.78, 5) is 0. The van der Waals surface area contributed by atoms with Crippen LogP contribution in [0.15, 0.2) is 12.2 Å². The minimum Gasteiger partial charge on any atom is -0.492 e. The highest BCUT2D eigenvalue weighted by Gasteiger charge is 2.42. The van der Waals surface area contributed by atoms with Crippen LogP contribution in [0.4, 0.5) is 0 Å². The van der Waals surface area contributed by atoms with Gasteiger partial charge in [0.25, 0.3) is 0 Å². The molecule has 138 valence electrons. The van der Waals surface area contributed by atoms with Gasteiger partial charge in [0.1, 0.15) is 0 Å². The number of nitrogens with zero attached hydrogens (tertiary/aromatic N) is 1. The van der Waals surface area contributed by atoms with Crippen molar-refractivity contribution in [3.05, 3.63) is 23.3 Å². The highest BCUT2D eigenvalue weighted by Crippen LogP contribution is 2.56. The molecule has 3 aliphatic carbocycles. The molecular weight excluding hydrogens is 362 g/mol. The summed E-state index contributed by atoms with van der Waals surface area (Å²) < 4.78 is 30.2. The van der Waals surface area contributed by atoms with Gasteiger partial charge >= 0.3 is 10.1 Å². The summed E-state index contributed by atoms with van der Waals surface area (Å²) in [5.41, 5.74) is 1.19. The zero-order valence-corrected chi connectivity index (χ0v) is 15.6. The summed E-state index contributed by atoms with van der Waals surface area (Å²) in [7, 11) is -3.88. The molecule has 4 rings (SSSR count). The highest BCUT2D eigenvalue weighted by atomic mass is 32.2. The second-order valence-corrected chi connectivity index (χ2v) is 10.2. The number of fused-ring (bicyclic) bond motifs is 5. The van der Waals surface area contributed by atoms with Gasteiger partial charge in [0.05, 0.1) is 5.75 Å². The van der Waals surface area contributed by atoms with Gasteiger partial charge < -0.3 is 10.2 Å². The summed E-state index contributed by atoms with van der Waals surface area (Å²) in [6.45, 7) is 0. The molecule has 0 amide bonds. The van der Waals surface area contributed by atoms with E-state index in [-0.39, 0.29) is 29.3 Å². The monoisotopic (exact) mass is 385 g/mol. The van der Waals surface area contributed by atoms with E-state index in [1.807, 2.05) is 12.2 Å². The van der Waals surface area contributed by atoms with Crippen LogP contribution in [0.2, 0.25) is 0 Å². The van der Waals surface area contributed by atoms with Gasteiger partial charge in [-0.2, -0.15) is 20.2 Å². The number of aromatic hydroxyl groups is 2. The summed E-state index contributed by atoms with van der Waals surface area (Å²) in [5.74, 6) is -0.218. The Kier molecular flexibility index (Phi) is 4.43. The lowest BCUT2D eigenvalue weighted by molar-refractivity contribution is 0.201. The Bertz CT molecular complexity index is 757. The van der Waals surface area contributed by atoms with Crippen LogP contribution in [0, 0.1) is 0 Å². The van der Waals surface area contributed by atoms with E-state index >= 15 is 0 Å². The molecule has 0 radical (unpaired) electrons. The quantitative estimate of drug-likeness (QED) is 0.732. The fraction of sp³-hybridized carbons (Fsp3) is 0.647. The van der Waals surface area contributed by atoms with E-state index in [2.05, 4.69) is 0 Å². The maximum absolute atomic E-state index is 12.3. The van der Waals surface area contributed by atoms with Crippen LogP contribution < -0.4 is 4.28 Å². The summed E-state index contributed by atoms with van der Waals surface area (Å²) >= 11 is 1.67. The average molecular weight is 386 g/mol. The molecule has 1 heterocycles. The first-order valence-corrected chi connectivity index (χ1v) is 11.5. The fourth-order valence-electron chi connectivity index (χ4n) is 4.19. The predicted molar refractivity (Wildman–Crippen MR) is 96.7 cm³/mol.